The molecule has 0 saturated carbocycles. The number of hydrogen-bond acceptors (Lipinski definition) is 2. The molecule has 1 aliphatic heterocycles. The van der Waals surface area contributed by atoms with Crippen molar-refractivity contribution in [1.29, 1.82) is 0 Å². The molecule has 0 bridgehead atoms. The molecule has 0 radical (unpaired) electrons. The highest BCUT2D eigenvalue weighted by atomic mass is 19.1. The first kappa shape index (κ1) is 20.0. The summed E-state index contributed by atoms with van der Waals surface area (Å²) in [5.41, 5.74) is 5.28. The highest BCUT2D eigenvalue weighted by molar-refractivity contribution is 6.02. The van der Waals surface area contributed by atoms with Crippen LogP contribution in [0.4, 0.5) is 4.39 Å². The minimum Gasteiger partial charge on any atom is -0.358 e. The highest BCUT2D eigenvalue weighted by Crippen LogP contribution is 2.42. The molecule has 1 aromatic heterocycles. The fourth-order valence-corrected chi connectivity index (χ4v) is 4.51. The number of aryl methyl sites for hydroxylation is 1. The Bertz CT molecular complexity index is 1330. The van der Waals surface area contributed by atoms with Crippen LogP contribution in [-0.2, 0) is 11.3 Å². The lowest BCUT2D eigenvalue weighted by atomic mass is 9.95. The molecule has 1 aliphatic rings. The van der Waals surface area contributed by atoms with Gasteiger partial charge in [0, 0.05) is 34.3 Å². The van der Waals surface area contributed by atoms with Gasteiger partial charge in [-0.25, -0.2) is 4.39 Å². The van der Waals surface area contributed by atoms with Gasteiger partial charge in [-0.1, -0.05) is 48.5 Å². The Morgan fingerprint density at radius 2 is 1.75 bits per heavy atom. The fraction of sp³-hybridized carbons (Fsp3) is 0.154. The van der Waals surface area contributed by atoms with Gasteiger partial charge in [-0.2, -0.15) is 0 Å². The van der Waals surface area contributed by atoms with Crippen LogP contribution in [0.5, 0.6) is 0 Å². The number of H-pyrrole nitrogens is 1. The van der Waals surface area contributed by atoms with E-state index < -0.39 is 0 Å². The summed E-state index contributed by atoms with van der Waals surface area (Å²) in [5, 5.41) is 3.89. The molecule has 1 unspecified atom stereocenters. The van der Waals surface area contributed by atoms with Crippen LogP contribution in [0.2, 0.25) is 0 Å². The minimum atomic E-state index is -0.355. The Morgan fingerprint density at radius 3 is 2.56 bits per heavy atom. The quantitative estimate of drug-likeness (QED) is 0.493. The molecular formula is C26H22FN3O2. The Kier molecular flexibility index (Phi) is 4.98. The predicted octanol–water partition coefficient (Wildman–Crippen LogP) is 4.48. The zero-order chi connectivity index (χ0) is 22.2. The number of aromatic amines is 1. The van der Waals surface area contributed by atoms with Gasteiger partial charge in [0.1, 0.15) is 12.4 Å². The van der Waals surface area contributed by atoms with Crippen LogP contribution in [-0.4, -0.2) is 28.2 Å². The summed E-state index contributed by atoms with van der Waals surface area (Å²) in [6.45, 7) is 2.19. The van der Waals surface area contributed by atoms with Crippen molar-refractivity contribution in [1.82, 2.24) is 15.2 Å². The highest BCUT2D eigenvalue weighted by Gasteiger charge is 2.40. The molecule has 0 spiro atoms. The van der Waals surface area contributed by atoms with Gasteiger partial charge in [-0.05, 0) is 42.3 Å². The number of para-hydroxylation sites is 1. The smallest absolute Gasteiger partial charge is 0.255 e. The second kappa shape index (κ2) is 7.96. The van der Waals surface area contributed by atoms with E-state index >= 15 is 0 Å². The summed E-state index contributed by atoms with van der Waals surface area (Å²) in [5.74, 6) is -0.748. The SMILES string of the molecule is Cc1[nH]c2ccccc2c1C1c2ccccc2C(=O)N1CC(=O)NCc1ccc(F)cc1. The number of benzene rings is 3. The lowest BCUT2D eigenvalue weighted by Crippen LogP contribution is -2.39. The number of nitrogens with zero attached hydrogens (tertiary/aromatic N) is 1. The molecule has 0 aliphatic carbocycles. The standard InChI is InChI=1S/C26H22FN3O2/c1-16-24(21-8-4-5-9-22(21)29-16)25-19-6-2-3-7-20(19)26(32)30(25)15-23(31)28-14-17-10-12-18(27)13-11-17/h2-13,25,29H,14-15H2,1H3,(H,28,31). The molecule has 2 N–H and O–H groups in total. The molecule has 2 amide bonds. The van der Waals surface area contributed by atoms with E-state index in [0.717, 1.165) is 33.3 Å². The van der Waals surface area contributed by atoms with Gasteiger partial charge in [0.25, 0.3) is 5.91 Å². The van der Waals surface area contributed by atoms with Crippen molar-refractivity contribution in [2.45, 2.75) is 19.5 Å². The molecule has 32 heavy (non-hydrogen) atoms. The predicted molar refractivity (Wildman–Crippen MR) is 121 cm³/mol. The van der Waals surface area contributed by atoms with Gasteiger partial charge in [0.2, 0.25) is 5.91 Å². The van der Waals surface area contributed by atoms with Gasteiger partial charge in [-0.3, -0.25) is 9.59 Å². The van der Waals surface area contributed by atoms with Crippen molar-refractivity contribution in [3.8, 4) is 0 Å². The molecule has 2 heterocycles. The number of amides is 2. The summed E-state index contributed by atoms with van der Waals surface area (Å²) in [6.07, 6.45) is 0. The van der Waals surface area contributed by atoms with E-state index in [1.54, 1.807) is 17.0 Å². The second-order valence-electron chi connectivity index (χ2n) is 8.04. The van der Waals surface area contributed by atoms with Crippen molar-refractivity contribution >= 4 is 22.7 Å². The van der Waals surface area contributed by atoms with Crippen LogP contribution >= 0.6 is 0 Å². The maximum Gasteiger partial charge on any atom is 0.255 e. The van der Waals surface area contributed by atoms with Gasteiger partial charge in [0.15, 0.2) is 0 Å². The molecule has 1 atom stereocenters. The van der Waals surface area contributed by atoms with Crippen molar-refractivity contribution in [3.05, 3.63) is 107 Å². The van der Waals surface area contributed by atoms with Crippen molar-refractivity contribution < 1.29 is 14.0 Å². The van der Waals surface area contributed by atoms with E-state index in [0.29, 0.717) is 5.56 Å². The number of rotatable bonds is 5. The van der Waals surface area contributed by atoms with E-state index in [-0.39, 0.29) is 36.8 Å². The van der Waals surface area contributed by atoms with Crippen molar-refractivity contribution in [2.24, 2.45) is 0 Å². The van der Waals surface area contributed by atoms with E-state index in [2.05, 4.69) is 10.3 Å². The van der Waals surface area contributed by atoms with E-state index in [1.165, 1.54) is 12.1 Å². The number of carbonyl (C=O) groups excluding carboxylic acids is 2. The van der Waals surface area contributed by atoms with Gasteiger partial charge < -0.3 is 15.2 Å². The fourth-order valence-electron chi connectivity index (χ4n) is 4.51. The molecule has 0 fully saturated rings. The molecule has 3 aromatic carbocycles. The normalized spacial score (nSPS) is 15.2. The lowest BCUT2D eigenvalue weighted by Gasteiger charge is -2.25. The molecular weight excluding hydrogens is 405 g/mol. The van der Waals surface area contributed by atoms with Crippen LogP contribution in [0.25, 0.3) is 10.9 Å². The number of halogens is 1. The van der Waals surface area contributed by atoms with Crippen LogP contribution in [0.3, 0.4) is 0 Å². The Balaban J connectivity index is 1.46. The van der Waals surface area contributed by atoms with E-state index in [9.17, 15) is 14.0 Å². The molecule has 5 rings (SSSR count). The van der Waals surface area contributed by atoms with Crippen LogP contribution in [0, 0.1) is 12.7 Å². The first-order valence-electron chi connectivity index (χ1n) is 10.5. The zero-order valence-electron chi connectivity index (χ0n) is 17.6. The average Bonchev–Trinajstić information content (AvgIpc) is 3.26. The second-order valence-corrected chi connectivity index (χ2v) is 8.04. The van der Waals surface area contributed by atoms with E-state index in [4.69, 9.17) is 0 Å². The lowest BCUT2D eigenvalue weighted by molar-refractivity contribution is -0.122. The maximum atomic E-state index is 13.3. The van der Waals surface area contributed by atoms with E-state index in [1.807, 2.05) is 55.5 Å². The van der Waals surface area contributed by atoms with Gasteiger partial charge in [0.05, 0.1) is 6.04 Å². The number of aromatic nitrogens is 1. The first-order valence-corrected chi connectivity index (χ1v) is 10.5. The third-order valence-corrected chi connectivity index (χ3v) is 5.99. The Hall–Kier alpha value is -3.93. The summed E-state index contributed by atoms with van der Waals surface area (Å²) in [7, 11) is 0. The number of nitrogens with one attached hydrogen (secondary N) is 2. The zero-order valence-corrected chi connectivity index (χ0v) is 17.6. The number of hydrogen-bond donors (Lipinski definition) is 2. The monoisotopic (exact) mass is 427 g/mol. The molecule has 160 valence electrons. The third-order valence-electron chi connectivity index (χ3n) is 5.99. The van der Waals surface area contributed by atoms with Crippen molar-refractivity contribution in [2.75, 3.05) is 6.54 Å². The molecule has 0 saturated heterocycles. The summed E-state index contributed by atoms with van der Waals surface area (Å²) in [6, 6.07) is 21.1. The van der Waals surface area contributed by atoms with Gasteiger partial charge >= 0.3 is 0 Å². The third kappa shape index (κ3) is 3.43. The topological polar surface area (TPSA) is 65.2 Å². The largest absolute Gasteiger partial charge is 0.358 e. The maximum absolute atomic E-state index is 13.3. The Morgan fingerprint density at radius 1 is 1.03 bits per heavy atom. The average molecular weight is 427 g/mol. The molecule has 5 nitrogen and oxygen atoms in total. The van der Waals surface area contributed by atoms with Crippen LogP contribution < -0.4 is 5.32 Å². The van der Waals surface area contributed by atoms with Crippen LogP contribution in [0.1, 0.15) is 38.8 Å². The first-order chi connectivity index (χ1) is 15.5. The number of fused-ring (bicyclic) bond motifs is 2. The molecule has 6 heteroatoms. The Labute approximate surface area is 184 Å². The van der Waals surface area contributed by atoms with Crippen LogP contribution in [0.15, 0.2) is 72.8 Å². The van der Waals surface area contributed by atoms with Crippen molar-refractivity contribution in [3.63, 3.8) is 0 Å². The molecule has 4 aromatic rings. The van der Waals surface area contributed by atoms with Gasteiger partial charge in [-0.15, -0.1) is 0 Å². The summed E-state index contributed by atoms with van der Waals surface area (Å²) in [4.78, 5) is 31.1. The summed E-state index contributed by atoms with van der Waals surface area (Å²) < 4.78 is 13.1. The number of carbonyl (C=O) groups is 2. The minimum absolute atomic E-state index is 0.0711. The summed E-state index contributed by atoms with van der Waals surface area (Å²) >= 11 is 0.